The van der Waals surface area contributed by atoms with E-state index in [9.17, 15) is 14.7 Å². The van der Waals surface area contributed by atoms with E-state index >= 15 is 0 Å². The second-order valence-electron chi connectivity index (χ2n) is 4.82. The number of aryl methyl sites for hydroxylation is 1. The highest BCUT2D eigenvalue weighted by molar-refractivity contribution is 6.47. The molecule has 0 saturated heterocycles. The summed E-state index contributed by atoms with van der Waals surface area (Å²) in [6, 6.07) is 4.77. The number of aromatic hydroxyl groups is 1. The van der Waals surface area contributed by atoms with Gasteiger partial charge in [-0.05, 0) is 30.2 Å². The van der Waals surface area contributed by atoms with Crippen molar-refractivity contribution in [3.63, 3.8) is 0 Å². The molecule has 0 fully saturated rings. The van der Waals surface area contributed by atoms with Crippen LogP contribution in [0.25, 0.3) is 11.1 Å². The molecule has 1 heterocycles. The van der Waals surface area contributed by atoms with Gasteiger partial charge in [0.05, 0.1) is 0 Å². The lowest BCUT2D eigenvalue weighted by Crippen LogP contribution is -2.29. The van der Waals surface area contributed by atoms with Gasteiger partial charge < -0.3 is 15.5 Å². The van der Waals surface area contributed by atoms with E-state index in [1.165, 1.54) is 12.3 Å². The number of carbonyl (C=O) groups is 2. The van der Waals surface area contributed by atoms with Gasteiger partial charge in [0.2, 0.25) is 0 Å². The molecule has 0 aliphatic carbocycles. The lowest BCUT2D eigenvalue weighted by atomic mass is 9.85. The Kier molecular flexibility index (Phi) is 4.90. The Hall–Kier alpha value is -2.54. The smallest absolute Gasteiger partial charge is 0.322 e. The van der Waals surface area contributed by atoms with Gasteiger partial charge in [-0.2, -0.15) is 0 Å². The second-order valence-corrected chi connectivity index (χ2v) is 5.23. The molecule has 0 unspecified atom stereocenters. The largest absolute Gasteiger partial charge is 0.505 e. The van der Waals surface area contributed by atoms with Crippen molar-refractivity contribution in [3.05, 3.63) is 40.7 Å². The minimum Gasteiger partial charge on any atom is -0.505 e. The molecule has 2 rings (SSSR count). The van der Waals surface area contributed by atoms with Crippen LogP contribution < -0.4 is 10.8 Å². The summed E-state index contributed by atoms with van der Waals surface area (Å²) in [4.78, 5) is 26.1. The Bertz CT molecular complexity index is 795. The highest BCUT2D eigenvalue weighted by Gasteiger charge is 2.16. The van der Waals surface area contributed by atoms with Crippen molar-refractivity contribution in [2.75, 3.05) is 6.54 Å². The summed E-state index contributed by atoms with van der Waals surface area (Å²) in [5, 5.41) is 21.0. The number of pyridine rings is 1. The monoisotopic (exact) mass is 330 g/mol. The predicted octanol–water partition coefficient (Wildman–Crippen LogP) is 1.02. The van der Waals surface area contributed by atoms with Crippen LogP contribution >= 0.6 is 11.6 Å². The number of halogens is 1. The van der Waals surface area contributed by atoms with E-state index in [1.54, 1.807) is 12.1 Å². The van der Waals surface area contributed by atoms with E-state index in [1.807, 2.05) is 6.92 Å². The fourth-order valence-corrected chi connectivity index (χ4v) is 2.25. The SMILES string of the molecule is [B]c1c(Cl)ccc(C)c1-c1cnc(C(=O)NCC(=O)O)c(O)c1. The summed E-state index contributed by atoms with van der Waals surface area (Å²) in [5.74, 6) is -2.37. The molecule has 0 saturated carbocycles. The molecule has 3 N–H and O–H groups in total. The van der Waals surface area contributed by atoms with Gasteiger partial charge in [0, 0.05) is 16.8 Å². The van der Waals surface area contributed by atoms with Crippen LogP contribution in [-0.2, 0) is 4.79 Å². The van der Waals surface area contributed by atoms with Crippen LogP contribution in [0.5, 0.6) is 5.75 Å². The molecule has 116 valence electrons. The third-order valence-corrected chi connectivity index (χ3v) is 3.50. The minimum atomic E-state index is -1.20. The molecule has 2 aromatic rings. The van der Waals surface area contributed by atoms with Gasteiger partial charge in [-0.25, -0.2) is 4.98 Å². The maximum Gasteiger partial charge on any atom is 0.322 e. The maximum atomic E-state index is 11.8. The molecule has 1 aromatic heterocycles. The molecule has 0 aliphatic rings. The van der Waals surface area contributed by atoms with Gasteiger partial charge in [-0.3, -0.25) is 9.59 Å². The van der Waals surface area contributed by atoms with E-state index in [2.05, 4.69) is 10.3 Å². The van der Waals surface area contributed by atoms with Crippen LogP contribution in [0.4, 0.5) is 0 Å². The van der Waals surface area contributed by atoms with E-state index in [0.29, 0.717) is 21.6 Å². The standard InChI is InChI=1S/C15H12BClN2O4/c1-7-2-3-9(17)13(16)12(7)8-4-10(20)14(18-5-8)15(23)19-6-11(21)22/h2-5,20H,6H2,1H3,(H,19,23)(H,21,22). The molecule has 23 heavy (non-hydrogen) atoms. The lowest BCUT2D eigenvalue weighted by molar-refractivity contribution is -0.135. The van der Waals surface area contributed by atoms with Crippen molar-refractivity contribution in [2.24, 2.45) is 0 Å². The normalized spacial score (nSPS) is 10.3. The van der Waals surface area contributed by atoms with Gasteiger partial charge in [-0.15, -0.1) is 0 Å². The minimum absolute atomic E-state index is 0.270. The number of hydrogen-bond donors (Lipinski definition) is 3. The zero-order chi connectivity index (χ0) is 17.1. The van der Waals surface area contributed by atoms with Gasteiger partial charge in [0.1, 0.15) is 20.1 Å². The summed E-state index contributed by atoms with van der Waals surface area (Å²) in [5.41, 5.74) is 2.01. The highest BCUT2D eigenvalue weighted by Crippen LogP contribution is 2.27. The van der Waals surface area contributed by atoms with E-state index < -0.39 is 18.4 Å². The summed E-state index contributed by atoms with van der Waals surface area (Å²) in [6.45, 7) is 1.26. The van der Waals surface area contributed by atoms with Crippen LogP contribution in [0.1, 0.15) is 16.1 Å². The molecule has 0 atom stereocenters. The first kappa shape index (κ1) is 16.8. The van der Waals surface area contributed by atoms with Gasteiger partial charge >= 0.3 is 5.97 Å². The summed E-state index contributed by atoms with van der Waals surface area (Å²) in [7, 11) is 5.96. The van der Waals surface area contributed by atoms with Crippen molar-refractivity contribution >= 4 is 36.8 Å². The van der Waals surface area contributed by atoms with Crippen LogP contribution in [0.15, 0.2) is 24.4 Å². The average Bonchev–Trinajstić information content (AvgIpc) is 2.49. The Morgan fingerprint density at radius 1 is 1.39 bits per heavy atom. The average molecular weight is 331 g/mol. The fraction of sp³-hybridized carbons (Fsp3) is 0.133. The number of nitrogens with zero attached hydrogens (tertiary/aromatic N) is 1. The number of nitrogens with one attached hydrogen (secondary N) is 1. The first-order valence-corrected chi connectivity index (χ1v) is 6.93. The molecule has 0 aliphatic heterocycles. The van der Waals surface area contributed by atoms with Crippen LogP contribution in [0.3, 0.4) is 0 Å². The van der Waals surface area contributed by atoms with Crippen molar-refractivity contribution < 1.29 is 19.8 Å². The first-order chi connectivity index (χ1) is 10.8. The van der Waals surface area contributed by atoms with Gasteiger partial charge in [-0.1, -0.05) is 23.1 Å². The highest BCUT2D eigenvalue weighted by atomic mass is 35.5. The molecule has 8 heteroatoms. The molecule has 1 aromatic carbocycles. The Labute approximate surface area is 138 Å². The maximum absolute atomic E-state index is 11.8. The second kappa shape index (κ2) is 6.70. The summed E-state index contributed by atoms with van der Waals surface area (Å²) in [6.07, 6.45) is 1.37. The third kappa shape index (κ3) is 3.63. The van der Waals surface area contributed by atoms with Crippen molar-refractivity contribution in [1.82, 2.24) is 10.3 Å². The van der Waals surface area contributed by atoms with Crippen molar-refractivity contribution in [2.45, 2.75) is 6.92 Å². The number of benzene rings is 1. The molecule has 0 bridgehead atoms. The van der Waals surface area contributed by atoms with Crippen molar-refractivity contribution in [3.8, 4) is 16.9 Å². The summed E-state index contributed by atoms with van der Waals surface area (Å²) < 4.78 is 0. The molecule has 6 nitrogen and oxygen atoms in total. The third-order valence-electron chi connectivity index (χ3n) is 3.17. The number of amides is 1. The van der Waals surface area contributed by atoms with Crippen LogP contribution in [0, 0.1) is 6.92 Å². The van der Waals surface area contributed by atoms with E-state index in [4.69, 9.17) is 24.6 Å². The number of aromatic nitrogens is 1. The number of aliphatic carboxylic acids is 1. The van der Waals surface area contributed by atoms with Gasteiger partial charge in [0.25, 0.3) is 5.91 Å². The molecular weight excluding hydrogens is 318 g/mol. The first-order valence-electron chi connectivity index (χ1n) is 6.55. The molecular formula is C15H12BClN2O4. The lowest BCUT2D eigenvalue weighted by Gasteiger charge is -2.13. The Morgan fingerprint density at radius 3 is 2.70 bits per heavy atom. The van der Waals surface area contributed by atoms with Gasteiger partial charge in [0.15, 0.2) is 5.69 Å². The predicted molar refractivity (Wildman–Crippen MR) is 86.4 cm³/mol. The van der Waals surface area contributed by atoms with E-state index in [0.717, 1.165) is 5.56 Å². The number of carboxylic acid groups (broad SMARTS) is 1. The molecule has 2 radical (unpaired) electrons. The van der Waals surface area contributed by atoms with Crippen LogP contribution in [0.2, 0.25) is 5.02 Å². The molecule has 0 spiro atoms. The Balaban J connectivity index is 2.39. The summed E-state index contributed by atoms with van der Waals surface area (Å²) >= 11 is 6.00. The zero-order valence-electron chi connectivity index (χ0n) is 12.1. The topological polar surface area (TPSA) is 99.5 Å². The zero-order valence-corrected chi connectivity index (χ0v) is 12.9. The van der Waals surface area contributed by atoms with Crippen molar-refractivity contribution in [1.29, 1.82) is 0 Å². The number of hydrogen-bond acceptors (Lipinski definition) is 4. The Morgan fingerprint density at radius 2 is 2.09 bits per heavy atom. The quantitative estimate of drug-likeness (QED) is 0.727. The molecule has 1 amide bonds. The number of carboxylic acids is 1. The van der Waals surface area contributed by atoms with E-state index in [-0.39, 0.29) is 11.4 Å². The fourth-order valence-electron chi connectivity index (χ4n) is 2.09. The van der Waals surface area contributed by atoms with Crippen LogP contribution in [-0.4, -0.2) is 41.5 Å². The number of carbonyl (C=O) groups excluding carboxylic acids is 1. The number of rotatable bonds is 4.